The van der Waals surface area contributed by atoms with Crippen molar-refractivity contribution in [2.45, 2.75) is 81.5 Å². The molecule has 0 radical (unpaired) electrons. The lowest BCUT2D eigenvalue weighted by atomic mass is 9.98. The number of aliphatic hydroxyl groups excluding tert-OH is 6. The minimum Gasteiger partial charge on any atom is -0.491 e. The number of rotatable bonds is 18. The number of non-ortho nitro benzene ring substituents is 1. The van der Waals surface area contributed by atoms with E-state index in [1.165, 1.54) is 31.2 Å². The predicted molar refractivity (Wildman–Crippen MR) is 134 cm³/mol. The summed E-state index contributed by atoms with van der Waals surface area (Å²) in [6.07, 6.45) is -10.5. The number of benzene rings is 1. The molecule has 1 heterocycles. The van der Waals surface area contributed by atoms with Gasteiger partial charge in [-0.25, -0.2) is 0 Å². The van der Waals surface area contributed by atoms with E-state index in [1.807, 2.05) is 0 Å². The van der Waals surface area contributed by atoms with Crippen LogP contribution in [0.15, 0.2) is 24.3 Å². The highest BCUT2D eigenvalue weighted by Crippen LogP contribution is 2.28. The van der Waals surface area contributed by atoms with Crippen LogP contribution in [0.2, 0.25) is 0 Å². The van der Waals surface area contributed by atoms with Crippen LogP contribution in [0.25, 0.3) is 0 Å². The van der Waals surface area contributed by atoms with E-state index in [4.69, 9.17) is 29.4 Å². The van der Waals surface area contributed by atoms with Crippen molar-refractivity contribution in [2.75, 3.05) is 33.0 Å². The van der Waals surface area contributed by atoms with Gasteiger partial charge in [0.15, 0.2) is 12.6 Å². The average Bonchev–Trinajstić information content (AvgIpc) is 2.92. The first kappa shape index (κ1) is 33.2. The highest BCUT2D eigenvalue weighted by molar-refractivity contribution is 5.36. The maximum absolute atomic E-state index is 10.9. The number of nitro benzene ring substituents is 1. The highest BCUT2D eigenvalue weighted by atomic mass is 16.7. The van der Waals surface area contributed by atoms with Crippen LogP contribution in [0.1, 0.15) is 26.2 Å². The van der Waals surface area contributed by atoms with E-state index in [0.29, 0.717) is 13.0 Å². The third kappa shape index (κ3) is 10.1. The number of nitrogens with zero attached hydrogens (tertiary/aromatic N) is 1. The molecule has 15 heteroatoms. The van der Waals surface area contributed by atoms with Crippen LogP contribution in [0, 0.1) is 10.1 Å². The van der Waals surface area contributed by atoms with Crippen LogP contribution < -0.4 is 10.5 Å². The summed E-state index contributed by atoms with van der Waals surface area (Å²) in [5, 5.41) is 71.6. The zero-order valence-corrected chi connectivity index (χ0v) is 21.7. The normalized spacial score (nSPS) is 26.5. The van der Waals surface area contributed by atoms with Crippen molar-refractivity contribution in [1.29, 1.82) is 0 Å². The van der Waals surface area contributed by atoms with E-state index in [9.17, 15) is 40.8 Å². The van der Waals surface area contributed by atoms with Gasteiger partial charge in [0.2, 0.25) is 0 Å². The molecular weight excluding hydrogens is 524 g/mol. The van der Waals surface area contributed by atoms with Crippen LogP contribution in [-0.4, -0.2) is 124 Å². The van der Waals surface area contributed by atoms with Gasteiger partial charge in [0, 0.05) is 18.7 Å². The van der Waals surface area contributed by atoms with Gasteiger partial charge < -0.3 is 60.1 Å². The van der Waals surface area contributed by atoms with Crippen molar-refractivity contribution in [3.05, 3.63) is 34.4 Å². The third-order valence-electron chi connectivity index (χ3n) is 6.05. The van der Waals surface area contributed by atoms with Crippen molar-refractivity contribution in [3.8, 4) is 5.75 Å². The van der Waals surface area contributed by atoms with Gasteiger partial charge in [-0.15, -0.1) is 0 Å². The molecule has 7 unspecified atom stereocenters. The Morgan fingerprint density at radius 3 is 2.33 bits per heavy atom. The molecule has 0 amide bonds. The molecule has 1 fully saturated rings. The van der Waals surface area contributed by atoms with Gasteiger partial charge >= 0.3 is 0 Å². The van der Waals surface area contributed by atoms with Gasteiger partial charge in [-0.2, -0.15) is 0 Å². The van der Waals surface area contributed by atoms with E-state index in [1.54, 1.807) is 0 Å². The van der Waals surface area contributed by atoms with E-state index >= 15 is 0 Å². The van der Waals surface area contributed by atoms with E-state index in [-0.39, 0.29) is 24.7 Å². The second kappa shape index (κ2) is 16.9. The van der Waals surface area contributed by atoms with Crippen LogP contribution >= 0.6 is 0 Å². The SMILES string of the molecule is C[C@@H](O)C(CO)OC(OC1C(COc2ccc([N+](=O)[O-])cc2)OC(OCCCCCN)C(O)C1O)[C@@H](O)CO. The Bertz CT molecular complexity index is 831. The van der Waals surface area contributed by atoms with Gasteiger partial charge in [-0.3, -0.25) is 10.1 Å². The van der Waals surface area contributed by atoms with Gasteiger partial charge in [0.1, 0.15) is 49.0 Å². The molecule has 1 aromatic carbocycles. The third-order valence-corrected chi connectivity index (χ3v) is 6.05. The molecule has 15 nitrogen and oxygen atoms in total. The van der Waals surface area contributed by atoms with Crippen molar-refractivity contribution in [1.82, 2.24) is 0 Å². The van der Waals surface area contributed by atoms with Gasteiger partial charge in [-0.1, -0.05) is 0 Å². The Labute approximate surface area is 225 Å². The van der Waals surface area contributed by atoms with Crippen molar-refractivity contribution in [3.63, 3.8) is 0 Å². The molecule has 8 N–H and O–H groups in total. The first-order valence-electron chi connectivity index (χ1n) is 12.7. The van der Waals surface area contributed by atoms with Crippen LogP contribution in [-0.2, 0) is 18.9 Å². The maximum Gasteiger partial charge on any atom is 0.269 e. The largest absolute Gasteiger partial charge is 0.491 e. The Kier molecular flexibility index (Phi) is 14.4. The topological polar surface area (TPSA) is 237 Å². The van der Waals surface area contributed by atoms with Crippen LogP contribution in [0.3, 0.4) is 0 Å². The first-order valence-corrected chi connectivity index (χ1v) is 12.7. The van der Waals surface area contributed by atoms with Crippen molar-refractivity contribution in [2.24, 2.45) is 5.73 Å². The molecule has 0 aromatic heterocycles. The van der Waals surface area contributed by atoms with Crippen molar-refractivity contribution < 1.29 is 59.2 Å². The van der Waals surface area contributed by atoms with Gasteiger partial charge in [0.05, 0.1) is 24.2 Å². The van der Waals surface area contributed by atoms with Crippen LogP contribution in [0.5, 0.6) is 5.75 Å². The number of unbranched alkanes of at least 4 members (excludes halogenated alkanes) is 2. The molecule has 1 saturated heterocycles. The monoisotopic (exact) mass is 564 g/mol. The molecule has 9 atom stereocenters. The van der Waals surface area contributed by atoms with Crippen LogP contribution in [0.4, 0.5) is 5.69 Å². The summed E-state index contributed by atoms with van der Waals surface area (Å²) in [7, 11) is 0. The van der Waals surface area contributed by atoms with E-state index in [0.717, 1.165) is 12.8 Å². The maximum atomic E-state index is 10.9. The summed E-state index contributed by atoms with van der Waals surface area (Å²) >= 11 is 0. The molecule has 224 valence electrons. The standard InChI is InChI=1S/C24H40N2O13/c1-14(29)18(12-28)37-23(17(30)11-27)39-22-19(13-36-16-7-5-15(6-8-16)26(33)34)38-24(21(32)20(22)31)35-10-4-2-3-9-25/h5-8,14,17-24,27-32H,2-4,9-13,25H2,1H3/t14-,17+,18?,19?,20?,21?,22?,23?,24?/m1/s1. The fourth-order valence-corrected chi connectivity index (χ4v) is 3.75. The molecular formula is C24H40N2O13. The van der Waals surface area contributed by atoms with Gasteiger partial charge in [-0.05, 0) is 44.9 Å². The zero-order chi connectivity index (χ0) is 28.9. The number of aliphatic hydroxyl groups is 6. The minimum atomic E-state index is -1.66. The Balaban J connectivity index is 2.22. The lowest BCUT2D eigenvalue weighted by Crippen LogP contribution is -2.62. The number of nitro groups is 1. The summed E-state index contributed by atoms with van der Waals surface area (Å²) in [6, 6.07) is 5.21. The van der Waals surface area contributed by atoms with Gasteiger partial charge in [0.25, 0.3) is 5.69 Å². The number of nitrogens with two attached hydrogens (primary N) is 1. The second-order valence-corrected chi connectivity index (χ2v) is 9.12. The first-order chi connectivity index (χ1) is 18.6. The Morgan fingerprint density at radius 2 is 1.77 bits per heavy atom. The van der Waals surface area contributed by atoms with Crippen molar-refractivity contribution >= 4 is 5.69 Å². The number of hydrogen-bond donors (Lipinski definition) is 7. The molecule has 1 aliphatic heterocycles. The average molecular weight is 565 g/mol. The minimum absolute atomic E-state index is 0.145. The number of hydrogen-bond acceptors (Lipinski definition) is 14. The fraction of sp³-hybridized carbons (Fsp3) is 0.750. The molecule has 39 heavy (non-hydrogen) atoms. The Hall–Kier alpha value is -2.02. The summed E-state index contributed by atoms with van der Waals surface area (Å²) in [4.78, 5) is 10.3. The predicted octanol–water partition coefficient (Wildman–Crippen LogP) is -1.61. The molecule has 1 aliphatic rings. The highest BCUT2D eigenvalue weighted by Gasteiger charge is 2.48. The molecule has 0 bridgehead atoms. The molecule has 2 rings (SSSR count). The van der Waals surface area contributed by atoms with E-state index < -0.39 is 73.4 Å². The Morgan fingerprint density at radius 1 is 1.08 bits per heavy atom. The lowest BCUT2D eigenvalue weighted by Gasteiger charge is -2.43. The smallest absolute Gasteiger partial charge is 0.269 e. The molecule has 1 aromatic rings. The summed E-state index contributed by atoms with van der Waals surface area (Å²) in [5.74, 6) is 0.237. The zero-order valence-electron chi connectivity index (χ0n) is 21.7. The van der Waals surface area contributed by atoms with E-state index in [2.05, 4.69) is 0 Å². The lowest BCUT2D eigenvalue weighted by molar-refractivity contribution is -0.384. The quantitative estimate of drug-likeness (QED) is 0.0460. The fourth-order valence-electron chi connectivity index (χ4n) is 3.75. The summed E-state index contributed by atoms with van der Waals surface area (Å²) in [6.45, 7) is 0.306. The molecule has 0 spiro atoms. The summed E-state index contributed by atoms with van der Waals surface area (Å²) in [5.41, 5.74) is 5.34. The summed E-state index contributed by atoms with van der Waals surface area (Å²) < 4.78 is 28.4. The second-order valence-electron chi connectivity index (χ2n) is 9.12. The number of ether oxygens (including phenoxy) is 5. The molecule has 0 aliphatic carbocycles. The molecule has 0 saturated carbocycles.